The van der Waals surface area contributed by atoms with Gasteiger partial charge in [0.1, 0.15) is 12.2 Å². The maximum absolute atomic E-state index is 14.0. The number of halogens is 3. The fourth-order valence-corrected chi connectivity index (χ4v) is 6.11. The molecule has 0 radical (unpaired) electrons. The van der Waals surface area contributed by atoms with Gasteiger partial charge in [-0.1, -0.05) is 59.6 Å². The van der Waals surface area contributed by atoms with Gasteiger partial charge in [-0.3, -0.25) is 9.59 Å². The number of hydrogen-bond acceptors (Lipinski definition) is 7. The Bertz CT molecular complexity index is 1510. The summed E-state index contributed by atoms with van der Waals surface area (Å²) >= 11 is 14.5. The van der Waals surface area contributed by atoms with Gasteiger partial charge in [-0.05, 0) is 69.6 Å². The van der Waals surface area contributed by atoms with Gasteiger partial charge in [0.05, 0.1) is 46.4 Å². The largest absolute Gasteiger partial charge is 0.493 e. The van der Waals surface area contributed by atoms with Crippen molar-refractivity contribution in [3.05, 3.63) is 103 Å². The molecule has 0 spiro atoms. The fraction of sp³-hybridized carbons (Fsp3) is 0.312. The molecule has 0 aliphatic heterocycles. The Morgan fingerprint density at radius 1 is 1.02 bits per heavy atom. The zero-order valence-corrected chi connectivity index (χ0v) is 27.6. The number of carbonyl (C=O) groups is 2. The number of hydrogen-bond donors (Lipinski definition) is 4. The fourth-order valence-electron chi connectivity index (χ4n) is 4.99. The van der Waals surface area contributed by atoms with Crippen LogP contribution in [0.4, 0.5) is 0 Å². The van der Waals surface area contributed by atoms with Crippen LogP contribution >= 0.6 is 45.8 Å². The van der Waals surface area contributed by atoms with E-state index < -0.39 is 24.2 Å². The average molecular weight is 755 g/mol. The molecule has 3 aromatic rings. The van der Waals surface area contributed by atoms with E-state index in [1.165, 1.54) is 18.1 Å². The summed E-state index contributed by atoms with van der Waals surface area (Å²) in [6, 6.07) is 16.8. The van der Waals surface area contributed by atoms with Crippen LogP contribution in [-0.4, -0.2) is 70.5 Å². The molecule has 1 aliphatic rings. The standard InChI is InChI=1S/C32H33Cl2IN2O7/c1-43-28-13-21(18-39)12-25(35)31(28)44-27-16-22(32(42)36-9-10-38)15-26(30(27)41)37(17-20-7-8-23(33)24(34)11-20)29(40)14-19-5-3-2-4-6-19/h2-8,11-13,16,26-27,30,38-39,41H,9-10,14-15,17-18H2,1H3,(H,36,42). The molecule has 0 aromatic heterocycles. The lowest BCUT2D eigenvalue weighted by Gasteiger charge is -2.41. The third-order valence-electron chi connectivity index (χ3n) is 7.20. The number of aliphatic hydroxyl groups is 3. The number of ether oxygens (including phenoxy) is 2. The maximum atomic E-state index is 14.0. The number of amides is 2. The lowest BCUT2D eigenvalue weighted by Crippen LogP contribution is -2.55. The molecule has 0 bridgehead atoms. The van der Waals surface area contributed by atoms with Gasteiger partial charge in [0.2, 0.25) is 11.8 Å². The van der Waals surface area contributed by atoms with E-state index in [-0.39, 0.29) is 50.6 Å². The summed E-state index contributed by atoms with van der Waals surface area (Å²) in [5.41, 5.74) is 2.36. The number of carbonyl (C=O) groups excluding carboxylic acids is 2. The zero-order chi connectivity index (χ0) is 31.8. The van der Waals surface area contributed by atoms with Gasteiger partial charge in [0, 0.05) is 25.1 Å². The molecule has 4 N–H and O–H groups in total. The van der Waals surface area contributed by atoms with Gasteiger partial charge in [-0.2, -0.15) is 0 Å². The Kier molecular flexibility index (Phi) is 12.3. The highest BCUT2D eigenvalue weighted by Crippen LogP contribution is 2.37. The predicted octanol–water partition coefficient (Wildman–Crippen LogP) is 4.29. The van der Waals surface area contributed by atoms with Crippen molar-refractivity contribution in [1.29, 1.82) is 0 Å². The first kappa shape index (κ1) is 34.0. The van der Waals surface area contributed by atoms with Crippen molar-refractivity contribution >= 4 is 57.6 Å². The van der Waals surface area contributed by atoms with Crippen LogP contribution in [0.15, 0.2) is 72.3 Å². The SMILES string of the molecule is COc1cc(CO)cc(I)c1OC1C=C(C(=O)NCCO)CC(N(Cc2ccc(Cl)c(Cl)c2)C(=O)Cc2ccccc2)C1O. The smallest absolute Gasteiger partial charge is 0.247 e. The summed E-state index contributed by atoms with van der Waals surface area (Å²) in [5, 5.41) is 34.1. The Morgan fingerprint density at radius 2 is 1.77 bits per heavy atom. The van der Waals surface area contributed by atoms with Crippen molar-refractivity contribution in [2.45, 2.75) is 44.2 Å². The molecular weight excluding hydrogens is 722 g/mol. The molecule has 0 saturated heterocycles. The first-order valence-corrected chi connectivity index (χ1v) is 15.7. The molecule has 3 unspecified atom stereocenters. The average Bonchev–Trinajstić information content (AvgIpc) is 3.02. The van der Waals surface area contributed by atoms with Crippen LogP contribution in [-0.2, 0) is 29.2 Å². The second-order valence-electron chi connectivity index (χ2n) is 10.2. The Morgan fingerprint density at radius 3 is 2.43 bits per heavy atom. The molecule has 9 nitrogen and oxygen atoms in total. The van der Waals surface area contributed by atoms with Crippen molar-refractivity contribution < 1.29 is 34.4 Å². The Balaban J connectivity index is 1.75. The van der Waals surface area contributed by atoms with Crippen molar-refractivity contribution in [3.63, 3.8) is 0 Å². The van der Waals surface area contributed by atoms with Gasteiger partial charge in [0.25, 0.3) is 0 Å². The second-order valence-corrected chi connectivity index (χ2v) is 12.2. The molecule has 0 heterocycles. The topological polar surface area (TPSA) is 129 Å². The number of nitrogens with zero attached hydrogens (tertiary/aromatic N) is 1. The van der Waals surface area contributed by atoms with E-state index in [4.69, 9.17) is 32.7 Å². The highest BCUT2D eigenvalue weighted by atomic mass is 127. The second kappa shape index (κ2) is 15.9. The number of rotatable bonds is 12. The van der Waals surface area contributed by atoms with E-state index in [9.17, 15) is 24.9 Å². The number of methoxy groups -OCH3 is 1. The number of aliphatic hydroxyl groups excluding tert-OH is 3. The van der Waals surface area contributed by atoms with Crippen LogP contribution in [0.25, 0.3) is 0 Å². The van der Waals surface area contributed by atoms with E-state index in [1.807, 2.05) is 52.9 Å². The van der Waals surface area contributed by atoms with Gasteiger partial charge in [0.15, 0.2) is 11.5 Å². The minimum absolute atomic E-state index is 0.0256. The summed E-state index contributed by atoms with van der Waals surface area (Å²) in [7, 11) is 1.46. The summed E-state index contributed by atoms with van der Waals surface area (Å²) in [5.74, 6) is -0.0795. The molecule has 234 valence electrons. The van der Waals surface area contributed by atoms with Gasteiger partial charge >= 0.3 is 0 Å². The molecule has 3 atom stereocenters. The Hall–Kier alpha value is -2.87. The maximum Gasteiger partial charge on any atom is 0.247 e. The van der Waals surface area contributed by atoms with Crippen LogP contribution in [0.2, 0.25) is 10.0 Å². The number of benzene rings is 3. The van der Waals surface area contributed by atoms with E-state index in [1.54, 1.807) is 30.3 Å². The van der Waals surface area contributed by atoms with Crippen LogP contribution in [0.1, 0.15) is 23.1 Å². The lowest BCUT2D eigenvalue weighted by molar-refractivity contribution is -0.138. The lowest BCUT2D eigenvalue weighted by atomic mass is 9.87. The third-order valence-corrected chi connectivity index (χ3v) is 8.74. The summed E-state index contributed by atoms with van der Waals surface area (Å²) < 4.78 is 12.5. The summed E-state index contributed by atoms with van der Waals surface area (Å²) in [6.45, 7) is -0.350. The van der Waals surface area contributed by atoms with E-state index in [0.29, 0.717) is 36.2 Å². The summed E-state index contributed by atoms with van der Waals surface area (Å²) in [4.78, 5) is 28.7. The first-order chi connectivity index (χ1) is 21.1. The van der Waals surface area contributed by atoms with Gasteiger partial charge in [-0.15, -0.1) is 0 Å². The van der Waals surface area contributed by atoms with Crippen LogP contribution in [0, 0.1) is 3.57 Å². The normalized spacial score (nSPS) is 17.9. The van der Waals surface area contributed by atoms with Crippen LogP contribution < -0.4 is 14.8 Å². The number of nitrogens with one attached hydrogen (secondary N) is 1. The molecule has 1 aliphatic carbocycles. The minimum atomic E-state index is -1.26. The van der Waals surface area contributed by atoms with Crippen molar-refractivity contribution in [2.24, 2.45) is 0 Å². The quantitative estimate of drug-likeness (QED) is 0.203. The molecular formula is C32H33Cl2IN2O7. The van der Waals surface area contributed by atoms with Crippen molar-refractivity contribution in [3.8, 4) is 11.5 Å². The van der Waals surface area contributed by atoms with Crippen molar-refractivity contribution in [1.82, 2.24) is 10.2 Å². The molecule has 4 rings (SSSR count). The zero-order valence-electron chi connectivity index (χ0n) is 23.9. The van der Waals surface area contributed by atoms with E-state index >= 15 is 0 Å². The van der Waals surface area contributed by atoms with E-state index in [2.05, 4.69) is 5.32 Å². The minimum Gasteiger partial charge on any atom is -0.493 e. The molecule has 44 heavy (non-hydrogen) atoms. The molecule has 0 saturated carbocycles. The van der Waals surface area contributed by atoms with Crippen molar-refractivity contribution in [2.75, 3.05) is 20.3 Å². The predicted molar refractivity (Wildman–Crippen MR) is 176 cm³/mol. The molecule has 12 heteroatoms. The third kappa shape index (κ3) is 8.43. The molecule has 0 fully saturated rings. The highest BCUT2D eigenvalue weighted by Gasteiger charge is 2.41. The Labute approximate surface area is 279 Å². The monoisotopic (exact) mass is 754 g/mol. The van der Waals surface area contributed by atoms with Crippen LogP contribution in [0.5, 0.6) is 11.5 Å². The molecule has 3 aromatic carbocycles. The van der Waals surface area contributed by atoms with Gasteiger partial charge < -0.3 is 35.0 Å². The molecule has 2 amide bonds. The summed E-state index contributed by atoms with van der Waals surface area (Å²) in [6.07, 6.45) is -0.710. The van der Waals surface area contributed by atoms with Crippen LogP contribution in [0.3, 0.4) is 0 Å². The van der Waals surface area contributed by atoms with E-state index in [0.717, 1.165) is 5.56 Å². The first-order valence-electron chi connectivity index (χ1n) is 13.8. The highest BCUT2D eigenvalue weighted by molar-refractivity contribution is 14.1. The van der Waals surface area contributed by atoms with Gasteiger partial charge in [-0.25, -0.2) is 0 Å².